The van der Waals surface area contributed by atoms with Gasteiger partial charge in [-0.3, -0.25) is 11.3 Å². The number of hydrogen-bond donors (Lipinski definition) is 2. The van der Waals surface area contributed by atoms with Crippen molar-refractivity contribution in [2.45, 2.75) is 12.2 Å². The summed E-state index contributed by atoms with van der Waals surface area (Å²) in [4.78, 5) is 0. The molecule has 0 spiro atoms. The van der Waals surface area contributed by atoms with Crippen LogP contribution in [0.25, 0.3) is 0 Å². The number of nitrogens with one attached hydrogen (secondary N) is 1. The van der Waals surface area contributed by atoms with Gasteiger partial charge in [0.15, 0.2) is 0 Å². The minimum absolute atomic E-state index is 0.0330. The average molecular weight is 252 g/mol. The lowest BCUT2D eigenvalue weighted by molar-refractivity contribution is -0.137. The Morgan fingerprint density at radius 2 is 2.06 bits per heavy atom. The Morgan fingerprint density at radius 3 is 2.53 bits per heavy atom. The van der Waals surface area contributed by atoms with Crippen LogP contribution in [0.3, 0.4) is 0 Å². The number of ether oxygens (including phenoxy) is 1. The Morgan fingerprint density at radius 1 is 1.41 bits per heavy atom. The fourth-order valence-electron chi connectivity index (χ4n) is 1.38. The number of nitrogens with two attached hydrogens (primary N) is 1. The summed E-state index contributed by atoms with van der Waals surface area (Å²) in [7, 11) is 1.34. The molecule has 96 valence electrons. The lowest BCUT2D eigenvalue weighted by atomic mass is 10.0. The minimum Gasteiger partial charge on any atom is -0.383 e. The van der Waals surface area contributed by atoms with E-state index in [1.807, 2.05) is 0 Å². The van der Waals surface area contributed by atoms with Gasteiger partial charge in [0.25, 0.3) is 0 Å². The second kappa shape index (κ2) is 5.44. The molecule has 1 aromatic rings. The highest BCUT2D eigenvalue weighted by molar-refractivity contribution is 5.29. The molecule has 0 bridgehead atoms. The van der Waals surface area contributed by atoms with E-state index in [0.717, 1.165) is 12.1 Å². The quantitative estimate of drug-likeness (QED) is 0.489. The molecular weight excluding hydrogens is 240 g/mol. The van der Waals surface area contributed by atoms with Crippen LogP contribution in [0.4, 0.5) is 17.6 Å². The van der Waals surface area contributed by atoms with Crippen molar-refractivity contribution in [1.82, 2.24) is 5.43 Å². The van der Waals surface area contributed by atoms with Crippen LogP contribution in [-0.2, 0) is 10.9 Å². The molecule has 1 rings (SSSR count). The molecule has 7 heteroatoms. The first-order valence-electron chi connectivity index (χ1n) is 4.72. The first kappa shape index (κ1) is 13.9. The van der Waals surface area contributed by atoms with Gasteiger partial charge in [0, 0.05) is 12.7 Å². The predicted octanol–water partition coefficient (Wildman–Crippen LogP) is 2.00. The Hall–Kier alpha value is -1.18. The van der Waals surface area contributed by atoms with Crippen LogP contribution in [0.2, 0.25) is 0 Å². The molecule has 0 saturated carbocycles. The van der Waals surface area contributed by atoms with Gasteiger partial charge in [0.2, 0.25) is 0 Å². The molecule has 1 atom stereocenters. The molecule has 0 aliphatic rings. The molecule has 1 unspecified atom stereocenters. The van der Waals surface area contributed by atoms with E-state index in [1.165, 1.54) is 7.11 Å². The first-order valence-corrected chi connectivity index (χ1v) is 4.72. The first-order chi connectivity index (χ1) is 7.90. The zero-order chi connectivity index (χ0) is 13.1. The lowest BCUT2D eigenvalue weighted by Crippen LogP contribution is -2.32. The molecule has 3 N–H and O–H groups in total. The average Bonchev–Trinajstić information content (AvgIpc) is 2.25. The summed E-state index contributed by atoms with van der Waals surface area (Å²) in [6, 6.07) is 1.33. The normalized spacial score (nSPS) is 13.8. The van der Waals surface area contributed by atoms with Crippen LogP contribution in [0.15, 0.2) is 18.2 Å². The van der Waals surface area contributed by atoms with E-state index >= 15 is 0 Å². The molecule has 0 radical (unpaired) electrons. The van der Waals surface area contributed by atoms with E-state index in [9.17, 15) is 17.6 Å². The molecule has 17 heavy (non-hydrogen) atoms. The standard InChI is InChI=1S/C10H12F4N2O/c1-17-5-9(16-15)7-4-6(10(12,13)14)2-3-8(7)11/h2-4,9,16H,5,15H2,1H3. The monoisotopic (exact) mass is 252 g/mol. The van der Waals surface area contributed by atoms with Crippen LogP contribution < -0.4 is 11.3 Å². The van der Waals surface area contributed by atoms with Crippen LogP contribution in [-0.4, -0.2) is 13.7 Å². The summed E-state index contributed by atoms with van der Waals surface area (Å²) < 4.78 is 55.5. The number of halogens is 4. The number of hydrazine groups is 1. The van der Waals surface area contributed by atoms with Crippen LogP contribution in [0.5, 0.6) is 0 Å². The van der Waals surface area contributed by atoms with Gasteiger partial charge in [-0.1, -0.05) is 0 Å². The molecule has 0 aliphatic heterocycles. The Labute approximate surface area is 95.5 Å². The molecule has 0 fully saturated rings. The van der Waals surface area contributed by atoms with Crippen molar-refractivity contribution in [3.8, 4) is 0 Å². The molecule has 0 amide bonds. The molecule has 0 aliphatic carbocycles. The Balaban J connectivity index is 3.13. The summed E-state index contributed by atoms with van der Waals surface area (Å²) in [6.45, 7) is -0.0330. The third-order valence-corrected chi connectivity index (χ3v) is 2.23. The molecule has 0 saturated heterocycles. The topological polar surface area (TPSA) is 47.3 Å². The van der Waals surface area contributed by atoms with E-state index in [-0.39, 0.29) is 12.2 Å². The van der Waals surface area contributed by atoms with Gasteiger partial charge in [-0.25, -0.2) is 4.39 Å². The number of benzene rings is 1. The minimum atomic E-state index is -4.52. The number of alkyl halides is 3. The second-order valence-electron chi connectivity index (χ2n) is 3.41. The maximum atomic E-state index is 13.4. The van der Waals surface area contributed by atoms with Gasteiger partial charge in [0.05, 0.1) is 18.2 Å². The Kier molecular flexibility index (Phi) is 4.44. The van der Waals surface area contributed by atoms with Crippen LogP contribution >= 0.6 is 0 Å². The van der Waals surface area contributed by atoms with E-state index in [4.69, 9.17) is 10.6 Å². The molecule has 0 heterocycles. The highest BCUT2D eigenvalue weighted by atomic mass is 19.4. The van der Waals surface area contributed by atoms with Crippen molar-refractivity contribution in [3.63, 3.8) is 0 Å². The van der Waals surface area contributed by atoms with Crippen molar-refractivity contribution in [3.05, 3.63) is 35.1 Å². The SMILES string of the molecule is COCC(NN)c1cc(C(F)(F)F)ccc1F. The van der Waals surface area contributed by atoms with Gasteiger partial charge < -0.3 is 4.74 Å². The van der Waals surface area contributed by atoms with Crippen molar-refractivity contribution < 1.29 is 22.3 Å². The summed E-state index contributed by atoms with van der Waals surface area (Å²) in [5, 5.41) is 0. The molecular formula is C10H12F4N2O. The van der Waals surface area contributed by atoms with E-state index in [2.05, 4.69) is 5.43 Å². The number of hydrogen-bond acceptors (Lipinski definition) is 3. The van der Waals surface area contributed by atoms with Crippen molar-refractivity contribution in [2.24, 2.45) is 5.84 Å². The number of rotatable bonds is 4. The lowest BCUT2D eigenvalue weighted by Gasteiger charge is -2.17. The summed E-state index contributed by atoms with van der Waals surface area (Å²) >= 11 is 0. The summed E-state index contributed by atoms with van der Waals surface area (Å²) in [5.41, 5.74) is 1.10. The van der Waals surface area contributed by atoms with Crippen molar-refractivity contribution in [2.75, 3.05) is 13.7 Å². The maximum absolute atomic E-state index is 13.4. The van der Waals surface area contributed by atoms with Crippen LogP contribution in [0.1, 0.15) is 17.2 Å². The third kappa shape index (κ3) is 3.39. The zero-order valence-corrected chi connectivity index (χ0v) is 9.01. The van der Waals surface area contributed by atoms with Crippen molar-refractivity contribution in [1.29, 1.82) is 0 Å². The second-order valence-corrected chi connectivity index (χ2v) is 3.41. The van der Waals surface area contributed by atoms with Gasteiger partial charge in [-0.15, -0.1) is 0 Å². The maximum Gasteiger partial charge on any atom is 0.416 e. The van der Waals surface area contributed by atoms with Gasteiger partial charge in [-0.05, 0) is 18.2 Å². The van der Waals surface area contributed by atoms with Crippen LogP contribution in [0, 0.1) is 5.82 Å². The zero-order valence-electron chi connectivity index (χ0n) is 9.01. The largest absolute Gasteiger partial charge is 0.416 e. The third-order valence-electron chi connectivity index (χ3n) is 2.23. The molecule has 3 nitrogen and oxygen atoms in total. The fraction of sp³-hybridized carbons (Fsp3) is 0.400. The van der Waals surface area contributed by atoms with E-state index in [1.54, 1.807) is 0 Å². The van der Waals surface area contributed by atoms with Gasteiger partial charge in [0.1, 0.15) is 5.82 Å². The Bertz CT molecular complexity index is 381. The highest BCUT2D eigenvalue weighted by Crippen LogP contribution is 2.31. The fourth-order valence-corrected chi connectivity index (χ4v) is 1.38. The van der Waals surface area contributed by atoms with E-state index in [0.29, 0.717) is 6.07 Å². The number of methoxy groups -OCH3 is 1. The van der Waals surface area contributed by atoms with E-state index < -0.39 is 23.6 Å². The van der Waals surface area contributed by atoms with Gasteiger partial charge >= 0.3 is 6.18 Å². The van der Waals surface area contributed by atoms with Crippen molar-refractivity contribution >= 4 is 0 Å². The van der Waals surface area contributed by atoms with Gasteiger partial charge in [-0.2, -0.15) is 13.2 Å². The molecule has 1 aromatic carbocycles. The summed E-state index contributed by atoms with van der Waals surface area (Å²) in [5.74, 6) is 4.38. The summed E-state index contributed by atoms with van der Waals surface area (Å²) in [6.07, 6.45) is -4.52. The smallest absolute Gasteiger partial charge is 0.383 e. The highest BCUT2D eigenvalue weighted by Gasteiger charge is 2.31. The molecule has 0 aromatic heterocycles. The predicted molar refractivity (Wildman–Crippen MR) is 53.3 cm³/mol.